The molecule has 0 bridgehead atoms. The number of aliphatic hydroxyl groups is 2. The molecule has 2 atom stereocenters. The average molecular weight is 915 g/mol. The Balaban J connectivity index is 3.64. The number of allylic oxidation sites excluding steroid dienone is 17. The van der Waals surface area contributed by atoms with E-state index in [2.05, 4.69) is 116 Å². The molecule has 0 aliphatic carbocycles. The molecular weight excluding hydrogens is 807 g/mol. The van der Waals surface area contributed by atoms with Crippen molar-refractivity contribution < 1.29 is 15.0 Å². The number of nitrogens with one attached hydrogen (secondary N) is 1. The molecule has 378 valence electrons. The van der Waals surface area contributed by atoms with E-state index in [1.165, 1.54) is 148 Å². The number of hydrogen-bond donors (Lipinski definition) is 3. The maximum atomic E-state index is 12.5. The Hall–Kier alpha value is -2.95. The number of carbonyl (C=O) groups excluding carboxylic acids is 1. The van der Waals surface area contributed by atoms with Crippen molar-refractivity contribution in [3.63, 3.8) is 0 Å². The molecule has 0 aromatic carbocycles. The highest BCUT2D eigenvalue weighted by molar-refractivity contribution is 5.76. The van der Waals surface area contributed by atoms with Crippen molar-refractivity contribution in [2.75, 3.05) is 6.61 Å². The van der Waals surface area contributed by atoms with Crippen LogP contribution in [0.3, 0.4) is 0 Å². The summed E-state index contributed by atoms with van der Waals surface area (Å²) in [5.41, 5.74) is 0. The van der Waals surface area contributed by atoms with E-state index in [0.717, 1.165) is 89.9 Å². The van der Waals surface area contributed by atoms with Gasteiger partial charge in [0.25, 0.3) is 0 Å². The highest BCUT2D eigenvalue weighted by Gasteiger charge is 2.17. The van der Waals surface area contributed by atoms with Gasteiger partial charge in [0.05, 0.1) is 18.8 Å². The molecule has 0 saturated carbocycles. The zero-order valence-corrected chi connectivity index (χ0v) is 43.4. The van der Waals surface area contributed by atoms with E-state index in [1.807, 2.05) is 6.08 Å². The lowest BCUT2D eigenvalue weighted by Gasteiger charge is -2.19. The minimum absolute atomic E-state index is 0.0897. The van der Waals surface area contributed by atoms with Crippen molar-refractivity contribution in [1.82, 2.24) is 5.32 Å². The molecule has 0 aliphatic rings. The fourth-order valence-electron chi connectivity index (χ4n) is 7.98. The van der Waals surface area contributed by atoms with E-state index in [-0.39, 0.29) is 12.5 Å². The first kappa shape index (κ1) is 63.1. The Kier molecular flexibility index (Phi) is 53.9. The Morgan fingerprint density at radius 2 is 0.682 bits per heavy atom. The van der Waals surface area contributed by atoms with Crippen LogP contribution >= 0.6 is 0 Å². The third kappa shape index (κ3) is 52.0. The number of aliphatic hydroxyl groups excluding tert-OH is 2. The molecule has 0 heterocycles. The third-order valence-corrected chi connectivity index (χ3v) is 12.2. The van der Waals surface area contributed by atoms with Gasteiger partial charge in [0, 0.05) is 6.42 Å². The van der Waals surface area contributed by atoms with Crippen LogP contribution in [0.1, 0.15) is 258 Å². The predicted octanol–water partition coefficient (Wildman–Crippen LogP) is 18.7. The summed E-state index contributed by atoms with van der Waals surface area (Å²) in [4.78, 5) is 12.5. The molecule has 0 fully saturated rings. The molecule has 1 amide bonds. The van der Waals surface area contributed by atoms with Gasteiger partial charge in [0.15, 0.2) is 0 Å². The summed E-state index contributed by atoms with van der Waals surface area (Å²) in [6.07, 6.45) is 85.3. The number of rotatable bonds is 50. The van der Waals surface area contributed by atoms with Crippen LogP contribution in [0.4, 0.5) is 0 Å². The number of amides is 1. The lowest BCUT2D eigenvalue weighted by molar-refractivity contribution is -0.123. The topological polar surface area (TPSA) is 69.6 Å². The highest BCUT2D eigenvalue weighted by Crippen LogP contribution is 2.15. The second kappa shape index (κ2) is 56.4. The van der Waals surface area contributed by atoms with Crippen LogP contribution in [0, 0.1) is 0 Å². The van der Waals surface area contributed by atoms with Crippen molar-refractivity contribution in [3.05, 3.63) is 109 Å². The number of unbranched alkanes of at least 4 members (excludes halogenated alkanes) is 27. The lowest BCUT2D eigenvalue weighted by Crippen LogP contribution is -2.45. The molecule has 0 aromatic rings. The van der Waals surface area contributed by atoms with Crippen molar-refractivity contribution in [3.8, 4) is 0 Å². The van der Waals surface area contributed by atoms with Crippen LogP contribution in [0.25, 0.3) is 0 Å². The summed E-state index contributed by atoms with van der Waals surface area (Å²) >= 11 is 0. The van der Waals surface area contributed by atoms with E-state index in [4.69, 9.17) is 0 Å². The molecule has 2 unspecified atom stereocenters. The molecule has 4 nitrogen and oxygen atoms in total. The summed E-state index contributed by atoms with van der Waals surface area (Å²) in [6, 6.07) is -0.659. The summed E-state index contributed by atoms with van der Waals surface area (Å²) in [5, 5.41) is 23.1. The van der Waals surface area contributed by atoms with Gasteiger partial charge < -0.3 is 15.5 Å². The van der Waals surface area contributed by atoms with Gasteiger partial charge in [-0.25, -0.2) is 0 Å². The van der Waals surface area contributed by atoms with Crippen LogP contribution in [0.15, 0.2) is 109 Å². The van der Waals surface area contributed by atoms with Crippen LogP contribution < -0.4 is 5.32 Å². The van der Waals surface area contributed by atoms with E-state index >= 15 is 0 Å². The quantitative estimate of drug-likeness (QED) is 0.0421. The summed E-state index contributed by atoms with van der Waals surface area (Å²) in [7, 11) is 0. The van der Waals surface area contributed by atoms with Crippen molar-refractivity contribution in [2.45, 2.75) is 270 Å². The monoisotopic (exact) mass is 914 g/mol. The number of hydrogen-bond acceptors (Lipinski definition) is 3. The van der Waals surface area contributed by atoms with Crippen LogP contribution in [0.5, 0.6) is 0 Å². The maximum absolute atomic E-state index is 12.5. The lowest BCUT2D eigenvalue weighted by atomic mass is 10.0. The first-order chi connectivity index (χ1) is 32.7. The van der Waals surface area contributed by atoms with Gasteiger partial charge in [-0.15, -0.1) is 0 Å². The number of carbonyl (C=O) groups is 1. The SMILES string of the molecule is CC/C=C\C/C=C\C/C=C\C/C=C\C/C=C\C/C=C\CCCCCCCCCCC(=O)NC(CO)C(O)/C=C/CC/C=C/CC/C=C/CCCCCCCCCCCCCCCCCCC. The fourth-order valence-corrected chi connectivity index (χ4v) is 7.98. The van der Waals surface area contributed by atoms with Crippen LogP contribution in [0.2, 0.25) is 0 Å². The predicted molar refractivity (Wildman–Crippen MR) is 294 cm³/mol. The van der Waals surface area contributed by atoms with Gasteiger partial charge in [-0.1, -0.05) is 264 Å². The fraction of sp³-hybridized carbons (Fsp3) is 0.694. The normalized spacial score (nSPS) is 13.7. The Bertz CT molecular complexity index is 1270. The van der Waals surface area contributed by atoms with E-state index < -0.39 is 12.1 Å². The van der Waals surface area contributed by atoms with Gasteiger partial charge in [-0.05, 0) is 96.3 Å². The second-order valence-corrected chi connectivity index (χ2v) is 18.6. The summed E-state index contributed by atoms with van der Waals surface area (Å²) in [6.45, 7) is 4.18. The van der Waals surface area contributed by atoms with Crippen LogP contribution in [-0.4, -0.2) is 34.9 Å². The molecular formula is C62H107NO3. The molecule has 0 rings (SSSR count). The zero-order chi connectivity index (χ0) is 47.7. The first-order valence-electron chi connectivity index (χ1n) is 28.1. The van der Waals surface area contributed by atoms with Gasteiger partial charge in [0.1, 0.15) is 0 Å². The zero-order valence-electron chi connectivity index (χ0n) is 43.4. The Morgan fingerprint density at radius 3 is 1.06 bits per heavy atom. The van der Waals surface area contributed by atoms with Gasteiger partial charge in [0.2, 0.25) is 5.91 Å². The van der Waals surface area contributed by atoms with E-state index in [0.29, 0.717) is 6.42 Å². The van der Waals surface area contributed by atoms with E-state index in [9.17, 15) is 15.0 Å². The molecule has 0 saturated heterocycles. The molecule has 0 aromatic heterocycles. The third-order valence-electron chi connectivity index (χ3n) is 12.2. The smallest absolute Gasteiger partial charge is 0.220 e. The van der Waals surface area contributed by atoms with Crippen molar-refractivity contribution in [2.24, 2.45) is 0 Å². The Morgan fingerprint density at radius 1 is 0.379 bits per heavy atom. The standard InChI is InChI=1S/C62H107NO3/c1-3-5-7-9-11-13-15-17-19-21-23-25-27-29-31-33-35-37-39-41-43-45-47-49-51-53-55-57-61(65)60(59-64)63-62(66)58-56-54-52-50-48-46-44-42-40-38-36-34-32-30-28-26-24-22-20-18-16-14-12-10-8-6-4-2/h6,8,12,14,18,20,24,26,30,32,36,38-39,41,47,49,55,57,60-61,64-65H,3-5,7,9-11,13,15-17,19,21-23,25,27-29,31,33-35,37,40,42-46,48,50-54,56,58-59H2,1-2H3,(H,63,66)/b8-6-,14-12-,20-18-,26-24-,32-30-,38-36-,41-39+,49-47+,57-55+. The molecule has 0 radical (unpaired) electrons. The first-order valence-corrected chi connectivity index (χ1v) is 28.1. The van der Waals surface area contributed by atoms with Crippen LogP contribution in [-0.2, 0) is 4.79 Å². The van der Waals surface area contributed by atoms with Gasteiger partial charge in [-0.2, -0.15) is 0 Å². The van der Waals surface area contributed by atoms with E-state index in [1.54, 1.807) is 6.08 Å². The van der Waals surface area contributed by atoms with Crippen molar-refractivity contribution in [1.29, 1.82) is 0 Å². The molecule has 3 N–H and O–H groups in total. The minimum Gasteiger partial charge on any atom is -0.394 e. The maximum Gasteiger partial charge on any atom is 0.220 e. The molecule has 0 spiro atoms. The van der Waals surface area contributed by atoms with Gasteiger partial charge in [-0.3, -0.25) is 4.79 Å². The molecule has 4 heteroatoms. The Labute approximate surface area is 410 Å². The summed E-state index contributed by atoms with van der Waals surface area (Å²) < 4.78 is 0. The van der Waals surface area contributed by atoms with Gasteiger partial charge >= 0.3 is 0 Å². The molecule has 66 heavy (non-hydrogen) atoms. The molecule has 0 aliphatic heterocycles. The van der Waals surface area contributed by atoms with Crippen molar-refractivity contribution >= 4 is 5.91 Å². The summed E-state index contributed by atoms with van der Waals surface area (Å²) in [5.74, 6) is -0.0897. The minimum atomic E-state index is -0.883. The highest BCUT2D eigenvalue weighted by atomic mass is 16.3. The largest absolute Gasteiger partial charge is 0.394 e. The second-order valence-electron chi connectivity index (χ2n) is 18.6. The average Bonchev–Trinajstić information content (AvgIpc) is 3.32.